The monoisotopic (exact) mass is 530 g/mol. The van der Waals surface area contributed by atoms with Crippen molar-refractivity contribution in [3.05, 3.63) is 95.1 Å². The molecule has 38 heavy (non-hydrogen) atoms. The third kappa shape index (κ3) is 9.07. The van der Waals surface area contributed by atoms with E-state index in [1.165, 1.54) is 43.5 Å². The maximum atomic E-state index is 14.7. The van der Waals surface area contributed by atoms with E-state index in [1.54, 1.807) is 24.3 Å². The molecule has 3 aromatic rings. The first-order chi connectivity index (χ1) is 18.2. The van der Waals surface area contributed by atoms with Crippen LogP contribution in [-0.4, -0.2) is 0 Å². The highest BCUT2D eigenvalue weighted by Crippen LogP contribution is 2.36. The van der Waals surface area contributed by atoms with Gasteiger partial charge in [0.25, 0.3) is 0 Å². The number of benzene rings is 3. The van der Waals surface area contributed by atoms with E-state index in [9.17, 15) is 17.6 Å². The zero-order chi connectivity index (χ0) is 27.4. The molecule has 0 saturated heterocycles. The number of unbranched alkanes of at least 4 members (excludes halogenated alkanes) is 6. The summed E-state index contributed by atoms with van der Waals surface area (Å²) in [5, 5.41) is 0. The van der Waals surface area contributed by atoms with Crippen molar-refractivity contribution < 1.29 is 27.0 Å². The van der Waals surface area contributed by atoms with Crippen molar-refractivity contribution in [3.63, 3.8) is 0 Å². The van der Waals surface area contributed by atoms with Crippen LogP contribution in [0.3, 0.4) is 0 Å². The van der Waals surface area contributed by atoms with E-state index in [0.29, 0.717) is 0 Å². The molecule has 3 aromatic carbocycles. The molecular weight excluding hydrogens is 492 g/mol. The summed E-state index contributed by atoms with van der Waals surface area (Å²) in [6.07, 6.45) is 3.50. The minimum Gasteiger partial charge on any atom is -0.429 e. The van der Waals surface area contributed by atoms with Gasteiger partial charge in [-0.15, -0.1) is 0 Å². The van der Waals surface area contributed by atoms with Crippen LogP contribution in [-0.2, 0) is 25.1 Å². The number of ether oxygens (including phenoxy) is 2. The normalized spacial score (nSPS) is 11.9. The molecule has 0 saturated carbocycles. The Hall–Kier alpha value is -3.02. The summed E-state index contributed by atoms with van der Waals surface area (Å²) in [6.45, 7) is 4.29. The van der Waals surface area contributed by atoms with Crippen LogP contribution in [0.25, 0.3) is 0 Å². The Morgan fingerprint density at radius 3 is 1.21 bits per heavy atom. The van der Waals surface area contributed by atoms with Crippen LogP contribution in [0.2, 0.25) is 0 Å². The molecule has 0 unspecified atom stereocenters. The van der Waals surface area contributed by atoms with Crippen LogP contribution < -0.4 is 9.47 Å². The fourth-order valence-corrected chi connectivity index (χ4v) is 4.23. The first kappa shape index (κ1) is 29.5. The molecular formula is C32H38F4O2. The van der Waals surface area contributed by atoms with Gasteiger partial charge in [0.15, 0.2) is 0 Å². The maximum Gasteiger partial charge on any atom is 0.426 e. The van der Waals surface area contributed by atoms with Crippen molar-refractivity contribution in [2.24, 2.45) is 0 Å². The quantitative estimate of drug-likeness (QED) is 0.135. The molecule has 0 aromatic heterocycles. The van der Waals surface area contributed by atoms with Crippen LogP contribution in [0.15, 0.2) is 72.8 Å². The summed E-state index contributed by atoms with van der Waals surface area (Å²) in [5.41, 5.74) is 1.08. The molecule has 0 bridgehead atoms. The van der Waals surface area contributed by atoms with Crippen LogP contribution in [0, 0.1) is 0 Å². The Morgan fingerprint density at radius 2 is 0.816 bits per heavy atom. The summed E-state index contributed by atoms with van der Waals surface area (Å²) in [5.74, 6) is 0.0250. The minimum atomic E-state index is -3.68. The SMILES string of the molecule is CCCCCCCc1ccc(OC(F)(F)c2ccc(C(F)(F)Oc3ccc(CCCCC)cc3)cc2)cc1. The second-order valence-corrected chi connectivity index (χ2v) is 9.72. The zero-order valence-electron chi connectivity index (χ0n) is 22.3. The molecule has 0 atom stereocenters. The topological polar surface area (TPSA) is 18.5 Å². The molecule has 0 radical (unpaired) electrons. The highest BCUT2D eigenvalue weighted by atomic mass is 19.3. The third-order valence-corrected chi connectivity index (χ3v) is 6.53. The fourth-order valence-electron chi connectivity index (χ4n) is 4.23. The lowest BCUT2D eigenvalue weighted by Gasteiger charge is -2.21. The van der Waals surface area contributed by atoms with Crippen LogP contribution in [0.5, 0.6) is 11.5 Å². The molecule has 206 valence electrons. The molecule has 0 N–H and O–H groups in total. The van der Waals surface area contributed by atoms with Crippen molar-refractivity contribution in [1.29, 1.82) is 0 Å². The molecule has 0 aliphatic carbocycles. The van der Waals surface area contributed by atoms with Gasteiger partial charge < -0.3 is 9.47 Å². The maximum absolute atomic E-state index is 14.7. The predicted molar refractivity (Wildman–Crippen MR) is 144 cm³/mol. The summed E-state index contributed by atoms with van der Waals surface area (Å²) in [6, 6.07) is 16.9. The Balaban J connectivity index is 1.56. The number of rotatable bonds is 16. The standard InChI is InChI=1S/C32H38F4O2/c1-3-5-7-8-10-12-26-15-23-30(24-16-26)38-32(35,36)28-19-17-27(18-20-28)31(33,34)37-29-21-13-25(14-22-29)11-9-6-4-2/h13-24H,3-12H2,1-2H3. The first-order valence-electron chi connectivity index (χ1n) is 13.7. The van der Waals surface area contributed by atoms with Gasteiger partial charge in [-0.3, -0.25) is 0 Å². The third-order valence-electron chi connectivity index (χ3n) is 6.53. The average Bonchev–Trinajstić information content (AvgIpc) is 2.90. The van der Waals surface area contributed by atoms with Gasteiger partial charge in [-0.25, -0.2) is 0 Å². The van der Waals surface area contributed by atoms with Gasteiger partial charge in [0.05, 0.1) is 11.1 Å². The highest BCUT2D eigenvalue weighted by molar-refractivity contribution is 5.32. The van der Waals surface area contributed by atoms with E-state index in [2.05, 4.69) is 13.8 Å². The molecule has 0 fully saturated rings. The molecule has 0 aliphatic rings. The Bertz CT molecular complexity index is 1080. The molecule has 0 spiro atoms. The molecule has 0 amide bonds. The van der Waals surface area contributed by atoms with E-state index < -0.39 is 23.3 Å². The number of aryl methyl sites for hydroxylation is 2. The minimum absolute atomic E-state index is 0.0105. The Morgan fingerprint density at radius 1 is 0.474 bits per heavy atom. The molecule has 3 rings (SSSR count). The van der Waals surface area contributed by atoms with Crippen molar-refractivity contribution >= 4 is 0 Å². The number of halogens is 4. The van der Waals surface area contributed by atoms with E-state index in [4.69, 9.17) is 9.47 Å². The summed E-state index contributed by atoms with van der Waals surface area (Å²) >= 11 is 0. The van der Waals surface area contributed by atoms with Gasteiger partial charge in [-0.1, -0.05) is 76.6 Å². The Kier molecular flexibility index (Phi) is 11.1. The lowest BCUT2D eigenvalue weighted by atomic mass is 10.1. The fraction of sp³-hybridized carbons (Fsp3) is 0.438. The van der Waals surface area contributed by atoms with Gasteiger partial charge in [0, 0.05) is 0 Å². The van der Waals surface area contributed by atoms with Crippen molar-refractivity contribution in [2.45, 2.75) is 90.3 Å². The second kappa shape index (κ2) is 14.2. The zero-order valence-corrected chi connectivity index (χ0v) is 22.3. The van der Waals surface area contributed by atoms with Gasteiger partial charge in [-0.2, -0.15) is 17.6 Å². The molecule has 0 aliphatic heterocycles. The van der Waals surface area contributed by atoms with Crippen molar-refractivity contribution in [3.8, 4) is 11.5 Å². The van der Waals surface area contributed by atoms with E-state index >= 15 is 0 Å². The van der Waals surface area contributed by atoms with Crippen LogP contribution in [0.1, 0.15) is 87.5 Å². The first-order valence-corrected chi connectivity index (χ1v) is 13.7. The van der Waals surface area contributed by atoms with E-state index in [1.807, 2.05) is 0 Å². The smallest absolute Gasteiger partial charge is 0.426 e. The van der Waals surface area contributed by atoms with Crippen LogP contribution >= 0.6 is 0 Å². The van der Waals surface area contributed by atoms with Gasteiger partial charge in [0.2, 0.25) is 0 Å². The van der Waals surface area contributed by atoms with Crippen LogP contribution in [0.4, 0.5) is 17.6 Å². The van der Waals surface area contributed by atoms with Crippen molar-refractivity contribution in [2.75, 3.05) is 0 Å². The summed E-state index contributed by atoms with van der Waals surface area (Å²) in [7, 11) is 0. The number of alkyl halides is 4. The lowest BCUT2D eigenvalue weighted by Crippen LogP contribution is -2.24. The van der Waals surface area contributed by atoms with E-state index in [0.717, 1.165) is 80.3 Å². The van der Waals surface area contributed by atoms with Crippen molar-refractivity contribution in [1.82, 2.24) is 0 Å². The van der Waals surface area contributed by atoms with Gasteiger partial charge in [0.1, 0.15) is 11.5 Å². The molecule has 6 heteroatoms. The number of hydrogen-bond donors (Lipinski definition) is 0. The number of hydrogen-bond acceptors (Lipinski definition) is 2. The summed E-state index contributed by atoms with van der Waals surface area (Å²) in [4.78, 5) is 0. The average molecular weight is 531 g/mol. The highest BCUT2D eigenvalue weighted by Gasteiger charge is 2.38. The van der Waals surface area contributed by atoms with Gasteiger partial charge >= 0.3 is 12.2 Å². The predicted octanol–water partition coefficient (Wildman–Crippen LogP) is 10.2. The lowest BCUT2D eigenvalue weighted by molar-refractivity contribution is -0.188. The van der Waals surface area contributed by atoms with Gasteiger partial charge in [-0.05, 0) is 85.3 Å². The Labute approximate surface area is 224 Å². The van der Waals surface area contributed by atoms with E-state index in [-0.39, 0.29) is 11.5 Å². The largest absolute Gasteiger partial charge is 0.429 e. The molecule has 0 heterocycles. The second-order valence-electron chi connectivity index (χ2n) is 9.72. The summed E-state index contributed by atoms with van der Waals surface area (Å²) < 4.78 is 68.7. The molecule has 2 nitrogen and oxygen atoms in total.